The molecule has 0 bridgehead atoms. The van der Waals surface area contributed by atoms with E-state index in [9.17, 15) is 4.39 Å². The number of nitrogens with two attached hydrogens (primary N) is 1. The molecule has 1 heterocycles. The summed E-state index contributed by atoms with van der Waals surface area (Å²) >= 11 is 0. The van der Waals surface area contributed by atoms with Gasteiger partial charge in [-0.15, -0.1) is 0 Å². The predicted molar refractivity (Wildman–Crippen MR) is 101 cm³/mol. The number of rotatable bonds is 6. The molecule has 2 aromatic carbocycles. The maximum atomic E-state index is 14.5. The van der Waals surface area contributed by atoms with Crippen LogP contribution in [0.4, 0.5) is 4.39 Å². The molecule has 2 N–H and O–H groups in total. The normalized spacial score (nSPS) is 12.5. The second-order valence-corrected chi connectivity index (χ2v) is 6.63. The van der Waals surface area contributed by atoms with Crippen LogP contribution < -0.4 is 10.5 Å². The van der Waals surface area contributed by atoms with E-state index in [0.717, 1.165) is 22.9 Å². The van der Waals surface area contributed by atoms with Crippen LogP contribution in [-0.2, 0) is 13.5 Å². The van der Waals surface area contributed by atoms with Crippen molar-refractivity contribution in [2.75, 3.05) is 13.2 Å². The Kier molecular flexibility index (Phi) is 5.09. The molecule has 0 aliphatic rings. The van der Waals surface area contributed by atoms with Crippen molar-refractivity contribution in [1.82, 2.24) is 4.57 Å². The summed E-state index contributed by atoms with van der Waals surface area (Å²) in [4.78, 5) is 0. The maximum absolute atomic E-state index is 14.5. The van der Waals surface area contributed by atoms with Gasteiger partial charge in [0.15, 0.2) is 11.6 Å². The Balaban J connectivity index is 1.92. The summed E-state index contributed by atoms with van der Waals surface area (Å²) < 4.78 is 22.4. The molecule has 3 nitrogen and oxygen atoms in total. The van der Waals surface area contributed by atoms with Crippen molar-refractivity contribution >= 4 is 10.9 Å². The summed E-state index contributed by atoms with van der Waals surface area (Å²) in [5.41, 5.74) is 10.3. The van der Waals surface area contributed by atoms with Crippen LogP contribution in [0.3, 0.4) is 0 Å². The smallest absolute Gasteiger partial charge is 0.165 e. The molecule has 0 fully saturated rings. The number of ether oxygens (including phenoxy) is 1. The molecular weight excluding hydrogens is 315 g/mol. The number of aryl methyl sites for hydroxylation is 2. The van der Waals surface area contributed by atoms with Crippen molar-refractivity contribution in [2.24, 2.45) is 12.8 Å². The molecule has 0 aliphatic heterocycles. The second kappa shape index (κ2) is 7.28. The molecule has 0 aliphatic carbocycles. The zero-order valence-electron chi connectivity index (χ0n) is 15.1. The molecular formula is C21H25FN2O. The average molecular weight is 340 g/mol. The average Bonchev–Trinajstić information content (AvgIpc) is 2.94. The lowest BCUT2D eigenvalue weighted by molar-refractivity contribution is 0.309. The Morgan fingerprint density at radius 2 is 1.96 bits per heavy atom. The third-order valence-electron chi connectivity index (χ3n) is 4.85. The second-order valence-electron chi connectivity index (χ2n) is 6.63. The molecule has 1 unspecified atom stereocenters. The van der Waals surface area contributed by atoms with E-state index in [0.29, 0.717) is 18.9 Å². The van der Waals surface area contributed by atoms with Crippen molar-refractivity contribution < 1.29 is 9.13 Å². The molecule has 25 heavy (non-hydrogen) atoms. The van der Waals surface area contributed by atoms with Gasteiger partial charge in [0.1, 0.15) is 0 Å². The molecule has 132 valence electrons. The number of benzene rings is 2. The minimum atomic E-state index is -0.325. The standard InChI is InChI=1S/C21H25FN2O/c1-14-6-4-5-7-16(14)10-11-25-21-18(22)8-9-19-20(21)17(13-24(19)3)15(2)12-23/h4-9,13,15H,10-12,23H2,1-3H3. The Hall–Kier alpha value is -2.33. The molecule has 1 aromatic heterocycles. The summed E-state index contributed by atoms with van der Waals surface area (Å²) in [5, 5.41) is 0.838. The molecule has 3 aromatic rings. The van der Waals surface area contributed by atoms with Crippen molar-refractivity contribution in [3.8, 4) is 5.75 Å². The number of nitrogens with zero attached hydrogens (tertiary/aromatic N) is 1. The highest BCUT2D eigenvalue weighted by Gasteiger charge is 2.19. The van der Waals surface area contributed by atoms with Crippen LogP contribution in [0, 0.1) is 12.7 Å². The van der Waals surface area contributed by atoms with Gasteiger partial charge in [0, 0.05) is 25.1 Å². The van der Waals surface area contributed by atoms with Crippen LogP contribution in [-0.4, -0.2) is 17.7 Å². The Morgan fingerprint density at radius 3 is 2.68 bits per heavy atom. The largest absolute Gasteiger partial charge is 0.489 e. The lowest BCUT2D eigenvalue weighted by atomic mass is 10.00. The third-order valence-corrected chi connectivity index (χ3v) is 4.85. The van der Waals surface area contributed by atoms with E-state index in [4.69, 9.17) is 10.5 Å². The minimum absolute atomic E-state index is 0.143. The van der Waals surface area contributed by atoms with Gasteiger partial charge in [-0.3, -0.25) is 0 Å². The monoisotopic (exact) mass is 340 g/mol. The fraction of sp³-hybridized carbons (Fsp3) is 0.333. The molecule has 0 saturated carbocycles. The number of hydrogen-bond donors (Lipinski definition) is 1. The minimum Gasteiger partial charge on any atom is -0.489 e. The van der Waals surface area contributed by atoms with Gasteiger partial charge in [0.25, 0.3) is 0 Å². The first-order valence-electron chi connectivity index (χ1n) is 8.67. The van der Waals surface area contributed by atoms with E-state index in [1.165, 1.54) is 17.2 Å². The third kappa shape index (κ3) is 3.40. The van der Waals surface area contributed by atoms with Crippen molar-refractivity contribution in [2.45, 2.75) is 26.2 Å². The van der Waals surface area contributed by atoms with E-state index in [2.05, 4.69) is 26.0 Å². The fourth-order valence-corrected chi connectivity index (χ4v) is 3.26. The Labute approximate surface area is 148 Å². The maximum Gasteiger partial charge on any atom is 0.165 e. The molecule has 1 atom stereocenters. The first-order valence-corrected chi connectivity index (χ1v) is 8.67. The van der Waals surface area contributed by atoms with Crippen LogP contribution in [0.2, 0.25) is 0 Å². The first-order chi connectivity index (χ1) is 12.0. The van der Waals surface area contributed by atoms with E-state index < -0.39 is 0 Å². The molecule has 0 radical (unpaired) electrons. The van der Waals surface area contributed by atoms with Gasteiger partial charge >= 0.3 is 0 Å². The SMILES string of the molecule is Cc1ccccc1CCOc1c(F)ccc2c1c(C(C)CN)cn2C. The summed E-state index contributed by atoms with van der Waals surface area (Å²) in [6.07, 6.45) is 2.77. The van der Waals surface area contributed by atoms with Gasteiger partial charge in [0.2, 0.25) is 0 Å². The molecule has 3 rings (SSSR count). The van der Waals surface area contributed by atoms with E-state index in [1.807, 2.05) is 29.9 Å². The van der Waals surface area contributed by atoms with E-state index in [-0.39, 0.29) is 11.7 Å². The van der Waals surface area contributed by atoms with Gasteiger partial charge in [-0.2, -0.15) is 0 Å². The van der Waals surface area contributed by atoms with Gasteiger partial charge in [-0.25, -0.2) is 4.39 Å². The van der Waals surface area contributed by atoms with Gasteiger partial charge in [-0.1, -0.05) is 31.2 Å². The number of hydrogen-bond acceptors (Lipinski definition) is 2. The molecule has 0 saturated heterocycles. The van der Waals surface area contributed by atoms with E-state index >= 15 is 0 Å². The topological polar surface area (TPSA) is 40.2 Å². The van der Waals surface area contributed by atoms with Gasteiger partial charge < -0.3 is 15.0 Å². The molecule has 0 spiro atoms. The zero-order chi connectivity index (χ0) is 18.0. The van der Waals surface area contributed by atoms with Gasteiger partial charge in [-0.05, 0) is 48.2 Å². The summed E-state index contributed by atoms with van der Waals surface area (Å²) in [6, 6.07) is 11.5. The molecule has 4 heteroatoms. The lowest BCUT2D eigenvalue weighted by Crippen LogP contribution is -2.09. The Morgan fingerprint density at radius 1 is 1.20 bits per heavy atom. The van der Waals surface area contributed by atoms with Crippen molar-refractivity contribution in [1.29, 1.82) is 0 Å². The van der Waals surface area contributed by atoms with Crippen molar-refractivity contribution in [3.05, 3.63) is 65.1 Å². The van der Waals surface area contributed by atoms with Gasteiger partial charge in [0.05, 0.1) is 12.1 Å². The fourth-order valence-electron chi connectivity index (χ4n) is 3.26. The number of aromatic nitrogens is 1. The number of fused-ring (bicyclic) bond motifs is 1. The van der Waals surface area contributed by atoms with Crippen LogP contribution in [0.15, 0.2) is 42.6 Å². The van der Waals surface area contributed by atoms with Crippen LogP contribution in [0.1, 0.15) is 29.5 Å². The van der Waals surface area contributed by atoms with Crippen LogP contribution in [0.25, 0.3) is 10.9 Å². The zero-order valence-corrected chi connectivity index (χ0v) is 15.1. The Bertz CT molecular complexity index is 885. The highest BCUT2D eigenvalue weighted by atomic mass is 19.1. The summed E-state index contributed by atoms with van der Waals surface area (Å²) in [6.45, 7) is 5.08. The van der Waals surface area contributed by atoms with Crippen LogP contribution >= 0.6 is 0 Å². The molecule has 0 amide bonds. The summed E-state index contributed by atoms with van der Waals surface area (Å²) in [7, 11) is 1.96. The lowest BCUT2D eigenvalue weighted by Gasteiger charge is -2.13. The highest BCUT2D eigenvalue weighted by Crippen LogP contribution is 2.36. The first kappa shape index (κ1) is 17.5. The summed E-state index contributed by atoms with van der Waals surface area (Å²) in [5.74, 6) is 0.153. The highest BCUT2D eigenvalue weighted by molar-refractivity contribution is 5.90. The van der Waals surface area contributed by atoms with E-state index in [1.54, 1.807) is 6.07 Å². The number of halogens is 1. The van der Waals surface area contributed by atoms with Crippen molar-refractivity contribution in [3.63, 3.8) is 0 Å². The van der Waals surface area contributed by atoms with Crippen LogP contribution in [0.5, 0.6) is 5.75 Å². The quantitative estimate of drug-likeness (QED) is 0.726. The predicted octanol–water partition coefficient (Wildman–Crippen LogP) is 4.31.